The molecule has 1 unspecified atom stereocenters. The number of aliphatic imine (C=N–C) groups is 1. The number of amidine groups is 1. The standard InChI is InChI=1S/C22H25N5OS/c1-14-10-20(25-12-14)24-9-8-23-15(2)17-4-3-5-18(11-17)27-21(28)19-13-26-22(29-19)16-6-7-16/h3-5,8-9,11-13,15-16,23H,6-7,10H2,1-2H3,(H,24,25)(H,27,28). The summed E-state index contributed by atoms with van der Waals surface area (Å²) < 4.78 is 0. The molecule has 6 nitrogen and oxygen atoms in total. The first kappa shape index (κ1) is 19.4. The molecule has 1 saturated carbocycles. The van der Waals surface area contributed by atoms with E-state index < -0.39 is 0 Å². The van der Waals surface area contributed by atoms with E-state index in [1.54, 1.807) is 6.20 Å². The zero-order chi connectivity index (χ0) is 20.2. The van der Waals surface area contributed by atoms with Crippen molar-refractivity contribution in [1.82, 2.24) is 15.6 Å². The largest absolute Gasteiger partial charge is 0.383 e. The zero-order valence-electron chi connectivity index (χ0n) is 16.6. The van der Waals surface area contributed by atoms with Crippen molar-refractivity contribution in [3.63, 3.8) is 0 Å². The Hall–Kier alpha value is -2.93. The minimum atomic E-state index is -0.0995. The van der Waals surface area contributed by atoms with Gasteiger partial charge in [-0.05, 0) is 50.0 Å². The van der Waals surface area contributed by atoms with E-state index in [4.69, 9.17) is 0 Å². The van der Waals surface area contributed by atoms with E-state index in [0.29, 0.717) is 10.8 Å². The predicted octanol–water partition coefficient (Wildman–Crippen LogP) is 4.69. The Balaban J connectivity index is 1.30. The van der Waals surface area contributed by atoms with Gasteiger partial charge in [0.15, 0.2) is 0 Å². The number of carbonyl (C=O) groups excluding carboxylic acids is 1. The van der Waals surface area contributed by atoms with Crippen molar-refractivity contribution >= 4 is 28.8 Å². The van der Waals surface area contributed by atoms with E-state index in [0.717, 1.165) is 28.5 Å². The van der Waals surface area contributed by atoms with Gasteiger partial charge in [0, 0.05) is 42.7 Å². The smallest absolute Gasteiger partial charge is 0.267 e. The van der Waals surface area contributed by atoms with Crippen LogP contribution < -0.4 is 16.0 Å². The SMILES string of the molecule is CC1=CN=C(NC=CNC(C)c2cccc(NC(=O)c3cnc(C4CC4)s3)c2)C1. The van der Waals surface area contributed by atoms with Gasteiger partial charge in [-0.1, -0.05) is 12.1 Å². The van der Waals surface area contributed by atoms with E-state index in [1.165, 1.54) is 29.8 Å². The van der Waals surface area contributed by atoms with Crippen LogP contribution in [0.3, 0.4) is 0 Å². The first-order chi connectivity index (χ1) is 14.1. The summed E-state index contributed by atoms with van der Waals surface area (Å²) in [6.45, 7) is 4.14. The molecular weight excluding hydrogens is 382 g/mol. The van der Waals surface area contributed by atoms with Crippen molar-refractivity contribution < 1.29 is 4.79 Å². The second kappa shape index (κ2) is 8.61. The minimum absolute atomic E-state index is 0.0974. The molecule has 0 bridgehead atoms. The number of anilines is 1. The van der Waals surface area contributed by atoms with E-state index in [-0.39, 0.29) is 11.9 Å². The molecule has 0 saturated heterocycles. The lowest BCUT2D eigenvalue weighted by Gasteiger charge is -2.14. The Kier molecular flexibility index (Phi) is 5.76. The van der Waals surface area contributed by atoms with Crippen LogP contribution in [0.5, 0.6) is 0 Å². The monoisotopic (exact) mass is 407 g/mol. The topological polar surface area (TPSA) is 78.4 Å². The van der Waals surface area contributed by atoms with Crippen LogP contribution >= 0.6 is 11.3 Å². The highest BCUT2D eigenvalue weighted by Gasteiger charge is 2.27. The molecule has 0 spiro atoms. The van der Waals surface area contributed by atoms with Gasteiger partial charge in [0.25, 0.3) is 5.91 Å². The van der Waals surface area contributed by atoms with Crippen molar-refractivity contribution in [2.45, 2.75) is 45.1 Å². The van der Waals surface area contributed by atoms with Crippen molar-refractivity contribution in [1.29, 1.82) is 0 Å². The first-order valence-electron chi connectivity index (χ1n) is 9.85. The highest BCUT2D eigenvalue weighted by molar-refractivity contribution is 7.13. The number of amides is 1. The average molecular weight is 408 g/mol. The number of hydrogen-bond acceptors (Lipinski definition) is 6. The van der Waals surface area contributed by atoms with Gasteiger partial charge < -0.3 is 16.0 Å². The number of nitrogens with one attached hydrogen (secondary N) is 3. The molecule has 1 fully saturated rings. The molecule has 3 N–H and O–H groups in total. The number of thiazole rings is 1. The molecule has 29 heavy (non-hydrogen) atoms. The maximum Gasteiger partial charge on any atom is 0.267 e. The molecule has 1 amide bonds. The number of carbonyl (C=O) groups is 1. The normalized spacial score (nSPS) is 17.0. The fourth-order valence-electron chi connectivity index (χ4n) is 3.05. The summed E-state index contributed by atoms with van der Waals surface area (Å²) in [4.78, 5) is 21.9. The summed E-state index contributed by atoms with van der Waals surface area (Å²) in [6.07, 6.45) is 10.5. The third kappa shape index (κ3) is 5.12. The molecule has 1 aromatic heterocycles. The number of hydrogen-bond donors (Lipinski definition) is 3. The Labute approximate surface area is 174 Å². The highest BCUT2D eigenvalue weighted by Crippen LogP contribution is 2.41. The quantitative estimate of drug-likeness (QED) is 0.622. The van der Waals surface area contributed by atoms with Crippen LogP contribution in [0.15, 0.2) is 59.6 Å². The Morgan fingerprint density at radius 2 is 2.17 bits per heavy atom. The minimum Gasteiger partial charge on any atom is -0.383 e. The van der Waals surface area contributed by atoms with Gasteiger partial charge in [-0.15, -0.1) is 11.3 Å². The van der Waals surface area contributed by atoms with E-state index in [1.807, 2.05) is 42.9 Å². The van der Waals surface area contributed by atoms with Gasteiger partial charge in [0.05, 0.1) is 11.2 Å². The second-order valence-corrected chi connectivity index (χ2v) is 8.57. The molecule has 4 rings (SSSR count). The molecular formula is C22H25N5OS. The molecule has 2 aromatic rings. The maximum atomic E-state index is 12.5. The molecule has 2 aliphatic rings. The molecule has 1 aromatic carbocycles. The fraction of sp³-hybridized carbons (Fsp3) is 0.318. The fourth-order valence-corrected chi connectivity index (χ4v) is 4.03. The van der Waals surface area contributed by atoms with Gasteiger partial charge in [-0.25, -0.2) is 9.98 Å². The second-order valence-electron chi connectivity index (χ2n) is 7.51. The van der Waals surface area contributed by atoms with Gasteiger partial charge in [0.2, 0.25) is 0 Å². The summed E-state index contributed by atoms with van der Waals surface area (Å²) in [5.74, 6) is 1.42. The number of nitrogens with zero attached hydrogens (tertiary/aromatic N) is 2. The molecule has 1 aliphatic heterocycles. The van der Waals surface area contributed by atoms with Crippen LogP contribution in [0.25, 0.3) is 0 Å². The average Bonchev–Trinajstić information content (AvgIpc) is 3.29. The lowest BCUT2D eigenvalue weighted by atomic mass is 10.1. The predicted molar refractivity (Wildman–Crippen MR) is 118 cm³/mol. The van der Waals surface area contributed by atoms with Crippen LogP contribution in [0.4, 0.5) is 5.69 Å². The summed E-state index contributed by atoms with van der Waals surface area (Å²) in [6, 6.07) is 7.99. The van der Waals surface area contributed by atoms with E-state index >= 15 is 0 Å². The molecule has 0 radical (unpaired) electrons. The van der Waals surface area contributed by atoms with Crippen molar-refractivity contribution in [2.24, 2.45) is 4.99 Å². The Morgan fingerprint density at radius 3 is 2.93 bits per heavy atom. The Morgan fingerprint density at radius 1 is 1.31 bits per heavy atom. The van der Waals surface area contributed by atoms with Gasteiger partial charge in [-0.3, -0.25) is 4.79 Å². The van der Waals surface area contributed by atoms with Crippen molar-refractivity contribution in [3.05, 3.63) is 70.1 Å². The molecule has 7 heteroatoms. The molecule has 1 atom stereocenters. The van der Waals surface area contributed by atoms with Crippen molar-refractivity contribution in [2.75, 3.05) is 5.32 Å². The van der Waals surface area contributed by atoms with Crippen LogP contribution in [-0.4, -0.2) is 16.7 Å². The zero-order valence-corrected chi connectivity index (χ0v) is 17.4. The number of rotatable bonds is 7. The lowest BCUT2D eigenvalue weighted by molar-refractivity contribution is 0.103. The van der Waals surface area contributed by atoms with Gasteiger partial charge in [0.1, 0.15) is 10.7 Å². The summed E-state index contributed by atoms with van der Waals surface area (Å²) in [5, 5.41) is 10.6. The highest BCUT2D eigenvalue weighted by atomic mass is 32.1. The third-order valence-corrected chi connectivity index (χ3v) is 6.04. The maximum absolute atomic E-state index is 12.5. The summed E-state index contributed by atoms with van der Waals surface area (Å²) in [7, 11) is 0. The number of benzene rings is 1. The summed E-state index contributed by atoms with van der Waals surface area (Å²) >= 11 is 1.50. The van der Waals surface area contributed by atoms with E-state index in [9.17, 15) is 4.79 Å². The first-order valence-corrected chi connectivity index (χ1v) is 10.7. The summed E-state index contributed by atoms with van der Waals surface area (Å²) in [5.41, 5.74) is 3.13. The van der Waals surface area contributed by atoms with Crippen LogP contribution in [0, 0.1) is 0 Å². The van der Waals surface area contributed by atoms with E-state index in [2.05, 4.69) is 39.8 Å². The van der Waals surface area contributed by atoms with Gasteiger partial charge >= 0.3 is 0 Å². The van der Waals surface area contributed by atoms with Crippen LogP contribution in [-0.2, 0) is 0 Å². The van der Waals surface area contributed by atoms with Crippen LogP contribution in [0.2, 0.25) is 0 Å². The van der Waals surface area contributed by atoms with Crippen LogP contribution in [0.1, 0.15) is 65.3 Å². The molecule has 150 valence electrons. The molecule has 2 heterocycles. The van der Waals surface area contributed by atoms with Gasteiger partial charge in [-0.2, -0.15) is 0 Å². The lowest BCUT2D eigenvalue weighted by Crippen LogP contribution is -2.18. The molecule has 1 aliphatic carbocycles. The third-order valence-electron chi connectivity index (χ3n) is 4.89. The van der Waals surface area contributed by atoms with Crippen molar-refractivity contribution in [3.8, 4) is 0 Å². The Bertz CT molecular complexity index is 987. The number of aromatic nitrogens is 1.